The largest absolute Gasteiger partial charge is 0.497 e. The molecule has 0 N–H and O–H groups in total. The Morgan fingerprint density at radius 3 is 2.54 bits per heavy atom. The van der Waals surface area contributed by atoms with Crippen LogP contribution in [0.5, 0.6) is 5.75 Å². The predicted octanol–water partition coefficient (Wildman–Crippen LogP) is 5.33. The molecule has 0 aliphatic rings. The van der Waals surface area contributed by atoms with Gasteiger partial charge in [-0.3, -0.25) is 4.98 Å². The summed E-state index contributed by atoms with van der Waals surface area (Å²) in [4.78, 5) is 9.28. The first-order valence-electron chi connectivity index (χ1n) is 8.37. The van der Waals surface area contributed by atoms with Crippen LogP contribution in [-0.2, 0) is 17.6 Å². The zero-order chi connectivity index (χ0) is 20.0. The first kappa shape index (κ1) is 19.4. The van der Waals surface area contributed by atoms with E-state index < -0.39 is 11.7 Å². The van der Waals surface area contributed by atoms with Gasteiger partial charge in [0.05, 0.1) is 24.6 Å². The molecular weight excluding hydrogens is 369 g/mol. The van der Waals surface area contributed by atoms with Gasteiger partial charge in [0.1, 0.15) is 12.4 Å². The normalized spacial score (nSPS) is 11.6. The van der Waals surface area contributed by atoms with Gasteiger partial charge in [0, 0.05) is 11.8 Å². The van der Waals surface area contributed by atoms with Crippen molar-refractivity contribution in [3.8, 4) is 17.0 Å². The van der Waals surface area contributed by atoms with E-state index in [4.69, 9.17) is 9.57 Å². The van der Waals surface area contributed by atoms with Crippen molar-refractivity contribution in [3.63, 3.8) is 0 Å². The lowest BCUT2D eigenvalue weighted by Crippen LogP contribution is -2.05. The third-order valence-electron chi connectivity index (χ3n) is 3.94. The Balaban J connectivity index is 1.62. The number of aromatic nitrogens is 1. The zero-order valence-electron chi connectivity index (χ0n) is 15.0. The number of methoxy groups -OCH3 is 1. The van der Waals surface area contributed by atoms with Crippen molar-refractivity contribution in [2.24, 2.45) is 5.16 Å². The molecule has 3 aromatic rings. The third-order valence-corrected chi connectivity index (χ3v) is 3.94. The fourth-order valence-electron chi connectivity index (χ4n) is 2.48. The Hall–Kier alpha value is -3.35. The van der Waals surface area contributed by atoms with Gasteiger partial charge < -0.3 is 9.57 Å². The number of benzene rings is 2. The summed E-state index contributed by atoms with van der Waals surface area (Å²) in [5.74, 6) is 0.740. The fraction of sp³-hybridized carbons (Fsp3) is 0.143. The van der Waals surface area contributed by atoms with Crippen molar-refractivity contribution in [1.29, 1.82) is 0 Å². The summed E-state index contributed by atoms with van der Waals surface area (Å²) in [5.41, 5.74) is 1.78. The number of halogens is 3. The van der Waals surface area contributed by atoms with Crippen molar-refractivity contribution in [3.05, 3.63) is 83.6 Å². The van der Waals surface area contributed by atoms with Gasteiger partial charge in [0.2, 0.25) is 0 Å². The molecule has 28 heavy (non-hydrogen) atoms. The van der Waals surface area contributed by atoms with Crippen molar-refractivity contribution in [1.82, 2.24) is 4.98 Å². The van der Waals surface area contributed by atoms with E-state index in [0.29, 0.717) is 12.2 Å². The van der Waals surface area contributed by atoms with Gasteiger partial charge in [0.15, 0.2) is 0 Å². The highest BCUT2D eigenvalue weighted by Gasteiger charge is 2.30. The quantitative estimate of drug-likeness (QED) is 0.425. The molecule has 0 aliphatic carbocycles. The van der Waals surface area contributed by atoms with Crippen LogP contribution in [0.4, 0.5) is 13.2 Å². The molecule has 7 heteroatoms. The van der Waals surface area contributed by atoms with Crippen LogP contribution in [0.15, 0.2) is 72.0 Å². The maximum atomic E-state index is 12.8. The Morgan fingerprint density at radius 2 is 1.82 bits per heavy atom. The van der Waals surface area contributed by atoms with Crippen molar-refractivity contribution >= 4 is 6.21 Å². The van der Waals surface area contributed by atoms with Crippen LogP contribution in [0.3, 0.4) is 0 Å². The molecule has 0 bridgehead atoms. The lowest BCUT2D eigenvalue weighted by atomic mass is 10.1. The minimum atomic E-state index is -4.40. The van der Waals surface area contributed by atoms with Gasteiger partial charge in [-0.25, -0.2) is 0 Å². The van der Waals surface area contributed by atoms with Gasteiger partial charge in [-0.2, -0.15) is 13.2 Å². The highest BCUT2D eigenvalue weighted by Crippen LogP contribution is 2.31. The van der Waals surface area contributed by atoms with E-state index in [2.05, 4.69) is 10.1 Å². The summed E-state index contributed by atoms with van der Waals surface area (Å²) in [5, 5.41) is 3.91. The van der Waals surface area contributed by atoms with Gasteiger partial charge in [-0.05, 0) is 35.4 Å². The number of hydrogen-bond acceptors (Lipinski definition) is 4. The molecule has 0 atom stereocenters. The molecule has 0 saturated carbocycles. The van der Waals surface area contributed by atoms with E-state index >= 15 is 0 Å². The molecule has 1 heterocycles. The summed E-state index contributed by atoms with van der Waals surface area (Å²) in [7, 11) is 1.59. The summed E-state index contributed by atoms with van der Waals surface area (Å²) in [6.07, 6.45) is -1.71. The van der Waals surface area contributed by atoms with Crippen molar-refractivity contribution in [2.75, 3.05) is 7.11 Å². The van der Waals surface area contributed by atoms with Crippen LogP contribution in [0.25, 0.3) is 11.3 Å². The first-order valence-corrected chi connectivity index (χ1v) is 8.37. The second kappa shape index (κ2) is 8.56. The van der Waals surface area contributed by atoms with E-state index in [-0.39, 0.29) is 5.69 Å². The molecule has 0 amide bonds. The topological polar surface area (TPSA) is 43.7 Å². The average molecular weight is 386 g/mol. The Morgan fingerprint density at radius 1 is 1.04 bits per heavy atom. The second-order valence-corrected chi connectivity index (χ2v) is 5.91. The van der Waals surface area contributed by atoms with E-state index in [1.165, 1.54) is 6.21 Å². The summed E-state index contributed by atoms with van der Waals surface area (Å²) >= 11 is 0. The smallest absolute Gasteiger partial charge is 0.416 e. The Kier molecular flexibility index (Phi) is 5.93. The SMILES string of the molecule is COc1cccc(CO/N=C\c2ccc(-c3cc(C(F)(F)F)ccn3)cc2)c1. The summed E-state index contributed by atoms with van der Waals surface area (Å²) in [6.45, 7) is 0.292. The summed E-state index contributed by atoms with van der Waals surface area (Å²) in [6, 6.07) is 16.3. The number of alkyl halides is 3. The lowest BCUT2D eigenvalue weighted by molar-refractivity contribution is -0.137. The van der Waals surface area contributed by atoms with Gasteiger partial charge >= 0.3 is 6.18 Å². The highest BCUT2D eigenvalue weighted by atomic mass is 19.4. The second-order valence-electron chi connectivity index (χ2n) is 5.91. The van der Waals surface area contributed by atoms with Crippen LogP contribution < -0.4 is 4.74 Å². The van der Waals surface area contributed by atoms with Crippen LogP contribution in [-0.4, -0.2) is 18.3 Å². The number of rotatable bonds is 6. The average Bonchev–Trinajstić information content (AvgIpc) is 2.71. The minimum Gasteiger partial charge on any atom is -0.497 e. The highest BCUT2D eigenvalue weighted by molar-refractivity contribution is 5.80. The molecule has 0 spiro atoms. The zero-order valence-corrected chi connectivity index (χ0v) is 15.0. The maximum absolute atomic E-state index is 12.8. The van der Waals surface area contributed by atoms with E-state index in [1.807, 2.05) is 24.3 Å². The molecule has 0 unspecified atom stereocenters. The van der Waals surface area contributed by atoms with Crippen LogP contribution in [0, 0.1) is 0 Å². The van der Waals surface area contributed by atoms with Crippen LogP contribution in [0.1, 0.15) is 16.7 Å². The molecule has 144 valence electrons. The Bertz CT molecular complexity index is 954. The van der Waals surface area contributed by atoms with Crippen molar-refractivity contribution in [2.45, 2.75) is 12.8 Å². The molecule has 2 aromatic carbocycles. The number of hydrogen-bond donors (Lipinski definition) is 0. The van der Waals surface area contributed by atoms with Crippen molar-refractivity contribution < 1.29 is 22.7 Å². The third kappa shape index (κ3) is 5.09. The fourth-order valence-corrected chi connectivity index (χ4v) is 2.48. The molecule has 3 rings (SSSR count). The predicted molar refractivity (Wildman–Crippen MR) is 100 cm³/mol. The number of ether oxygens (including phenoxy) is 1. The molecule has 0 saturated heterocycles. The van der Waals surface area contributed by atoms with Gasteiger partial charge in [-0.1, -0.05) is 41.6 Å². The Labute approximate surface area is 160 Å². The minimum absolute atomic E-state index is 0.257. The molecule has 4 nitrogen and oxygen atoms in total. The maximum Gasteiger partial charge on any atom is 0.416 e. The summed E-state index contributed by atoms with van der Waals surface area (Å²) < 4.78 is 43.6. The lowest BCUT2D eigenvalue weighted by Gasteiger charge is -2.08. The van der Waals surface area contributed by atoms with Crippen LogP contribution >= 0.6 is 0 Å². The monoisotopic (exact) mass is 386 g/mol. The van der Waals surface area contributed by atoms with E-state index in [0.717, 1.165) is 35.2 Å². The van der Waals surface area contributed by atoms with Crippen LogP contribution in [0.2, 0.25) is 0 Å². The molecular formula is C21H17F3N2O2. The molecule has 0 aliphatic heterocycles. The molecule has 0 radical (unpaired) electrons. The number of pyridine rings is 1. The van der Waals surface area contributed by atoms with Gasteiger partial charge in [0.25, 0.3) is 0 Å². The first-order chi connectivity index (χ1) is 13.5. The van der Waals surface area contributed by atoms with E-state index in [9.17, 15) is 13.2 Å². The van der Waals surface area contributed by atoms with Gasteiger partial charge in [-0.15, -0.1) is 0 Å². The molecule has 1 aromatic heterocycles. The van der Waals surface area contributed by atoms with E-state index in [1.54, 1.807) is 31.4 Å². The molecule has 0 fully saturated rings. The standard InChI is InChI=1S/C21H17F3N2O2/c1-27-19-4-2-3-16(11-19)14-28-26-13-15-5-7-17(8-6-15)20-12-18(9-10-25-20)21(22,23)24/h2-13H,14H2,1H3/b26-13-. The number of oxime groups is 1. The number of nitrogens with zero attached hydrogens (tertiary/aromatic N) is 2.